The molecular weight excluding hydrogens is 349 g/mol. The van der Waals surface area contributed by atoms with Gasteiger partial charge in [0.2, 0.25) is 0 Å². The number of carbonyl (C=O) groups is 1. The van der Waals surface area contributed by atoms with Crippen LogP contribution in [-0.4, -0.2) is 5.91 Å². The molecule has 2 rings (SSSR count). The van der Waals surface area contributed by atoms with Gasteiger partial charge in [0, 0.05) is 15.1 Å². The lowest BCUT2D eigenvalue weighted by Gasteiger charge is -2.08. The zero-order chi connectivity index (χ0) is 14.0. The second-order valence-corrected chi connectivity index (χ2v) is 5.74. The Bertz CT molecular complexity index is 643. The van der Waals surface area contributed by atoms with Crippen LogP contribution in [0.15, 0.2) is 40.9 Å². The lowest BCUT2D eigenvalue weighted by atomic mass is 10.1. The Morgan fingerprint density at radius 3 is 2.58 bits per heavy atom. The van der Waals surface area contributed by atoms with Gasteiger partial charge in [0.25, 0.3) is 5.91 Å². The van der Waals surface area contributed by atoms with E-state index in [1.165, 1.54) is 0 Å². The first-order valence-electron chi connectivity index (χ1n) is 5.50. The largest absolute Gasteiger partial charge is 0.321 e. The van der Waals surface area contributed by atoms with Gasteiger partial charge in [0.1, 0.15) is 0 Å². The average molecular weight is 359 g/mol. The van der Waals surface area contributed by atoms with Crippen molar-refractivity contribution in [1.29, 1.82) is 0 Å². The number of rotatable bonds is 2. The van der Waals surface area contributed by atoms with Crippen molar-refractivity contribution >= 4 is 50.7 Å². The number of amides is 1. The van der Waals surface area contributed by atoms with Crippen molar-refractivity contribution in [2.75, 3.05) is 5.32 Å². The summed E-state index contributed by atoms with van der Waals surface area (Å²) in [5, 5.41) is 3.70. The van der Waals surface area contributed by atoms with Crippen molar-refractivity contribution in [3.05, 3.63) is 62.0 Å². The van der Waals surface area contributed by atoms with E-state index >= 15 is 0 Å². The summed E-state index contributed by atoms with van der Waals surface area (Å²) in [6, 6.07) is 10.3. The van der Waals surface area contributed by atoms with E-state index in [9.17, 15) is 4.79 Å². The van der Waals surface area contributed by atoms with Gasteiger partial charge >= 0.3 is 0 Å². The van der Waals surface area contributed by atoms with Crippen LogP contribution in [0.1, 0.15) is 15.9 Å². The fraction of sp³-hybridized carbons (Fsp3) is 0.0714. The van der Waals surface area contributed by atoms with Crippen molar-refractivity contribution in [1.82, 2.24) is 0 Å². The standard InChI is InChI=1S/C14H10BrCl2NO/c1-8-2-3-9(6-11(8)15)14(19)18-13-7-10(16)4-5-12(13)17/h2-7H,1H3,(H,18,19). The van der Waals surface area contributed by atoms with Crippen LogP contribution < -0.4 is 5.32 Å². The van der Waals surface area contributed by atoms with Gasteiger partial charge in [0.05, 0.1) is 10.7 Å². The second-order valence-electron chi connectivity index (χ2n) is 4.04. The Hall–Kier alpha value is -1.03. The maximum Gasteiger partial charge on any atom is 0.255 e. The Morgan fingerprint density at radius 1 is 1.16 bits per heavy atom. The number of nitrogens with one attached hydrogen (secondary N) is 1. The molecule has 0 heterocycles. The summed E-state index contributed by atoms with van der Waals surface area (Å²) in [5.41, 5.74) is 2.11. The first-order chi connectivity index (χ1) is 8.97. The maximum absolute atomic E-state index is 12.1. The lowest BCUT2D eigenvalue weighted by Crippen LogP contribution is -2.12. The van der Waals surface area contributed by atoms with Gasteiger partial charge in [-0.2, -0.15) is 0 Å². The van der Waals surface area contributed by atoms with Gasteiger partial charge in [-0.3, -0.25) is 4.79 Å². The predicted molar refractivity (Wildman–Crippen MR) is 83.3 cm³/mol. The van der Waals surface area contributed by atoms with E-state index < -0.39 is 0 Å². The highest BCUT2D eigenvalue weighted by atomic mass is 79.9. The van der Waals surface area contributed by atoms with Crippen LogP contribution in [-0.2, 0) is 0 Å². The smallest absolute Gasteiger partial charge is 0.255 e. The Kier molecular flexibility index (Phi) is 4.50. The van der Waals surface area contributed by atoms with Crippen LogP contribution in [0.3, 0.4) is 0 Å². The van der Waals surface area contributed by atoms with E-state index in [-0.39, 0.29) is 5.91 Å². The van der Waals surface area contributed by atoms with Crippen molar-refractivity contribution in [3.63, 3.8) is 0 Å². The van der Waals surface area contributed by atoms with Crippen molar-refractivity contribution in [3.8, 4) is 0 Å². The number of aryl methyl sites for hydroxylation is 1. The normalized spacial score (nSPS) is 10.3. The highest BCUT2D eigenvalue weighted by Crippen LogP contribution is 2.26. The summed E-state index contributed by atoms with van der Waals surface area (Å²) in [5.74, 6) is -0.232. The number of carbonyl (C=O) groups excluding carboxylic acids is 1. The van der Waals surface area contributed by atoms with Gasteiger partial charge in [0.15, 0.2) is 0 Å². The van der Waals surface area contributed by atoms with Gasteiger partial charge < -0.3 is 5.32 Å². The fourth-order valence-corrected chi connectivity index (χ4v) is 2.24. The molecule has 0 atom stereocenters. The van der Waals surface area contributed by atoms with Crippen molar-refractivity contribution < 1.29 is 4.79 Å². The molecule has 0 radical (unpaired) electrons. The van der Waals surface area contributed by atoms with Crippen LogP contribution in [0.5, 0.6) is 0 Å². The summed E-state index contributed by atoms with van der Waals surface area (Å²) in [6.45, 7) is 1.96. The van der Waals surface area contributed by atoms with E-state index in [4.69, 9.17) is 23.2 Å². The molecule has 2 nitrogen and oxygen atoms in total. The number of halogens is 3. The molecule has 19 heavy (non-hydrogen) atoms. The molecule has 0 saturated heterocycles. The van der Waals surface area contributed by atoms with Crippen molar-refractivity contribution in [2.45, 2.75) is 6.92 Å². The number of hydrogen-bond acceptors (Lipinski definition) is 1. The van der Waals surface area contributed by atoms with Crippen LogP contribution in [0.2, 0.25) is 10.0 Å². The van der Waals surface area contributed by atoms with Crippen LogP contribution in [0, 0.1) is 6.92 Å². The van der Waals surface area contributed by atoms with Crippen LogP contribution >= 0.6 is 39.1 Å². The SMILES string of the molecule is Cc1ccc(C(=O)Nc2cc(Cl)ccc2Cl)cc1Br. The average Bonchev–Trinajstić information content (AvgIpc) is 2.37. The highest BCUT2D eigenvalue weighted by molar-refractivity contribution is 9.10. The Labute approximate surface area is 129 Å². The third kappa shape index (κ3) is 3.50. The van der Waals surface area contributed by atoms with Gasteiger partial charge in [-0.05, 0) is 42.8 Å². The van der Waals surface area contributed by atoms with E-state index in [1.54, 1.807) is 30.3 Å². The topological polar surface area (TPSA) is 29.1 Å². The second kappa shape index (κ2) is 5.95. The summed E-state index contributed by atoms with van der Waals surface area (Å²) >= 11 is 15.3. The van der Waals surface area contributed by atoms with E-state index in [0.29, 0.717) is 21.3 Å². The van der Waals surface area contributed by atoms with Crippen LogP contribution in [0.4, 0.5) is 5.69 Å². The zero-order valence-corrected chi connectivity index (χ0v) is 13.1. The van der Waals surface area contributed by atoms with Gasteiger partial charge in [-0.25, -0.2) is 0 Å². The molecule has 1 N–H and O–H groups in total. The Morgan fingerprint density at radius 2 is 1.89 bits per heavy atom. The Balaban J connectivity index is 2.25. The minimum absolute atomic E-state index is 0.232. The third-order valence-electron chi connectivity index (χ3n) is 2.61. The summed E-state index contributed by atoms with van der Waals surface area (Å²) in [7, 11) is 0. The lowest BCUT2D eigenvalue weighted by molar-refractivity contribution is 0.102. The van der Waals surface area contributed by atoms with E-state index in [1.807, 2.05) is 13.0 Å². The zero-order valence-electron chi connectivity index (χ0n) is 10.0. The van der Waals surface area contributed by atoms with Gasteiger partial charge in [-0.1, -0.05) is 45.2 Å². The summed E-state index contributed by atoms with van der Waals surface area (Å²) in [6.07, 6.45) is 0. The predicted octanol–water partition coefficient (Wildman–Crippen LogP) is 5.32. The molecule has 0 bridgehead atoms. The molecule has 0 aliphatic heterocycles. The molecule has 0 unspecified atom stereocenters. The molecule has 1 amide bonds. The molecule has 2 aromatic carbocycles. The summed E-state index contributed by atoms with van der Waals surface area (Å²) < 4.78 is 0.886. The molecule has 2 aromatic rings. The number of hydrogen-bond donors (Lipinski definition) is 1. The minimum Gasteiger partial charge on any atom is -0.321 e. The monoisotopic (exact) mass is 357 g/mol. The summed E-state index contributed by atoms with van der Waals surface area (Å²) in [4.78, 5) is 12.1. The molecule has 98 valence electrons. The first-order valence-corrected chi connectivity index (χ1v) is 7.05. The third-order valence-corrected chi connectivity index (χ3v) is 4.03. The molecule has 0 aliphatic rings. The van der Waals surface area contributed by atoms with Crippen molar-refractivity contribution in [2.24, 2.45) is 0 Å². The first kappa shape index (κ1) is 14.4. The highest BCUT2D eigenvalue weighted by Gasteiger charge is 2.10. The molecule has 0 fully saturated rings. The van der Waals surface area contributed by atoms with Crippen LogP contribution in [0.25, 0.3) is 0 Å². The van der Waals surface area contributed by atoms with Gasteiger partial charge in [-0.15, -0.1) is 0 Å². The fourth-order valence-electron chi connectivity index (χ4n) is 1.52. The molecule has 0 spiro atoms. The molecule has 0 aliphatic carbocycles. The molecular formula is C14H10BrCl2NO. The number of anilines is 1. The molecule has 0 aromatic heterocycles. The molecule has 5 heteroatoms. The van der Waals surface area contributed by atoms with E-state index in [0.717, 1.165) is 10.0 Å². The molecule has 0 saturated carbocycles. The number of benzene rings is 2. The minimum atomic E-state index is -0.232. The van der Waals surface area contributed by atoms with E-state index in [2.05, 4.69) is 21.2 Å². The maximum atomic E-state index is 12.1. The quantitative estimate of drug-likeness (QED) is 0.773.